The van der Waals surface area contributed by atoms with E-state index in [4.69, 9.17) is 10.00 Å². The van der Waals surface area contributed by atoms with Gasteiger partial charge in [-0.25, -0.2) is 0 Å². The second kappa shape index (κ2) is 9.17. The Labute approximate surface area is 98.0 Å². The summed E-state index contributed by atoms with van der Waals surface area (Å²) < 4.78 is 5.03. The number of carbonyl (C=O) groups is 1. The van der Waals surface area contributed by atoms with Crippen LogP contribution in [0.4, 0.5) is 0 Å². The summed E-state index contributed by atoms with van der Waals surface area (Å²) in [4.78, 5) is 11.7. The first-order valence-corrected chi connectivity index (χ1v) is 5.88. The molecule has 0 radical (unpaired) electrons. The van der Waals surface area contributed by atoms with Crippen molar-refractivity contribution in [2.45, 2.75) is 45.6 Å². The molecule has 4 nitrogen and oxygen atoms in total. The molecular weight excluding hydrogens is 204 g/mol. The van der Waals surface area contributed by atoms with Crippen LogP contribution in [0.1, 0.15) is 39.5 Å². The van der Waals surface area contributed by atoms with Crippen LogP contribution in [0.15, 0.2) is 0 Å². The first-order valence-electron chi connectivity index (χ1n) is 5.88. The average Bonchev–Trinajstić information content (AvgIpc) is 2.26. The van der Waals surface area contributed by atoms with Gasteiger partial charge in [-0.1, -0.05) is 26.7 Å². The number of ether oxygens (including phenoxy) is 1. The van der Waals surface area contributed by atoms with Crippen LogP contribution in [0.2, 0.25) is 0 Å². The number of carbonyl (C=O) groups excluding carboxylic acids is 1. The molecule has 1 amide bonds. The number of nitrogens with one attached hydrogen (secondary N) is 1. The van der Waals surface area contributed by atoms with Crippen LogP contribution in [0.5, 0.6) is 0 Å². The van der Waals surface area contributed by atoms with Gasteiger partial charge in [0, 0.05) is 7.11 Å². The highest BCUT2D eigenvalue weighted by molar-refractivity contribution is 5.81. The molecule has 2 unspecified atom stereocenters. The Morgan fingerprint density at radius 3 is 2.44 bits per heavy atom. The second-order valence-electron chi connectivity index (χ2n) is 3.92. The first kappa shape index (κ1) is 14.9. The first-order chi connectivity index (χ1) is 7.69. The van der Waals surface area contributed by atoms with Crippen LogP contribution in [0.3, 0.4) is 0 Å². The molecule has 0 saturated heterocycles. The van der Waals surface area contributed by atoms with Crippen molar-refractivity contribution in [1.29, 1.82) is 5.26 Å². The van der Waals surface area contributed by atoms with Gasteiger partial charge in [-0.05, 0) is 12.8 Å². The van der Waals surface area contributed by atoms with Gasteiger partial charge in [-0.15, -0.1) is 0 Å². The maximum atomic E-state index is 11.7. The summed E-state index contributed by atoms with van der Waals surface area (Å²) in [5.74, 6) is -0.693. The SMILES string of the molecule is CCCC(COC)NC(=O)C(C#N)CCC. The van der Waals surface area contributed by atoms with Crippen LogP contribution in [-0.2, 0) is 9.53 Å². The third-order valence-corrected chi connectivity index (χ3v) is 2.40. The Hall–Kier alpha value is -1.08. The number of hydrogen-bond acceptors (Lipinski definition) is 3. The predicted molar refractivity (Wildman–Crippen MR) is 62.7 cm³/mol. The predicted octanol–water partition coefficient (Wildman–Crippen LogP) is 1.86. The van der Waals surface area contributed by atoms with Crippen molar-refractivity contribution in [3.05, 3.63) is 0 Å². The van der Waals surface area contributed by atoms with Gasteiger partial charge in [0.25, 0.3) is 0 Å². The molecule has 16 heavy (non-hydrogen) atoms. The Bertz CT molecular complexity index is 230. The highest BCUT2D eigenvalue weighted by Gasteiger charge is 2.19. The van der Waals surface area contributed by atoms with Crippen LogP contribution < -0.4 is 5.32 Å². The van der Waals surface area contributed by atoms with Gasteiger partial charge >= 0.3 is 0 Å². The van der Waals surface area contributed by atoms with Crippen LogP contribution in [0, 0.1) is 17.2 Å². The van der Waals surface area contributed by atoms with Crippen LogP contribution in [0.25, 0.3) is 0 Å². The zero-order valence-electron chi connectivity index (χ0n) is 10.5. The molecule has 92 valence electrons. The van der Waals surface area contributed by atoms with E-state index in [0.29, 0.717) is 13.0 Å². The Kier molecular flexibility index (Phi) is 8.55. The lowest BCUT2D eigenvalue weighted by atomic mass is 10.0. The summed E-state index contributed by atoms with van der Waals surface area (Å²) >= 11 is 0. The van der Waals surface area contributed by atoms with E-state index in [0.717, 1.165) is 19.3 Å². The molecule has 0 rings (SSSR count). The van der Waals surface area contributed by atoms with Crippen LogP contribution in [-0.4, -0.2) is 25.7 Å². The molecule has 1 N–H and O–H groups in total. The maximum absolute atomic E-state index is 11.7. The lowest BCUT2D eigenvalue weighted by molar-refractivity contribution is -0.124. The largest absolute Gasteiger partial charge is 0.383 e. The fraction of sp³-hybridized carbons (Fsp3) is 0.833. The molecular formula is C12H22N2O2. The van der Waals surface area contributed by atoms with Gasteiger partial charge in [0.1, 0.15) is 5.92 Å². The zero-order chi connectivity index (χ0) is 12.4. The molecule has 0 aliphatic heterocycles. The number of rotatable bonds is 8. The van der Waals surface area contributed by atoms with Gasteiger partial charge < -0.3 is 10.1 Å². The van der Waals surface area contributed by atoms with Crippen molar-refractivity contribution in [3.63, 3.8) is 0 Å². The third-order valence-electron chi connectivity index (χ3n) is 2.40. The topological polar surface area (TPSA) is 62.1 Å². The number of hydrogen-bond donors (Lipinski definition) is 1. The van der Waals surface area contributed by atoms with E-state index >= 15 is 0 Å². The molecule has 0 heterocycles. The molecule has 0 aromatic carbocycles. The zero-order valence-corrected chi connectivity index (χ0v) is 10.5. The maximum Gasteiger partial charge on any atom is 0.237 e. The van der Waals surface area contributed by atoms with Gasteiger partial charge in [0.05, 0.1) is 18.7 Å². The molecule has 2 atom stereocenters. The molecule has 0 saturated carbocycles. The lowest BCUT2D eigenvalue weighted by Crippen LogP contribution is -2.41. The molecule has 0 aromatic heterocycles. The summed E-state index contributed by atoms with van der Waals surface area (Å²) in [7, 11) is 1.61. The van der Waals surface area contributed by atoms with Crippen LogP contribution >= 0.6 is 0 Å². The summed E-state index contributed by atoms with van der Waals surface area (Å²) in [5, 5.41) is 11.7. The van der Waals surface area contributed by atoms with Crippen molar-refractivity contribution >= 4 is 5.91 Å². The fourth-order valence-electron chi connectivity index (χ4n) is 1.59. The molecule has 0 aliphatic carbocycles. The summed E-state index contributed by atoms with van der Waals surface area (Å²) in [6.07, 6.45) is 3.33. The van der Waals surface area contributed by atoms with Crippen molar-refractivity contribution in [1.82, 2.24) is 5.32 Å². The highest BCUT2D eigenvalue weighted by Crippen LogP contribution is 2.06. The van der Waals surface area contributed by atoms with E-state index in [1.807, 2.05) is 13.0 Å². The lowest BCUT2D eigenvalue weighted by Gasteiger charge is -2.18. The normalized spacial score (nSPS) is 13.9. The molecule has 4 heteroatoms. The Morgan fingerprint density at radius 2 is 2.00 bits per heavy atom. The minimum Gasteiger partial charge on any atom is -0.383 e. The average molecular weight is 226 g/mol. The Morgan fingerprint density at radius 1 is 1.38 bits per heavy atom. The monoisotopic (exact) mass is 226 g/mol. The molecule has 0 spiro atoms. The number of methoxy groups -OCH3 is 1. The van der Waals surface area contributed by atoms with Gasteiger partial charge in [0.2, 0.25) is 5.91 Å². The van der Waals surface area contributed by atoms with E-state index in [9.17, 15) is 4.79 Å². The highest BCUT2D eigenvalue weighted by atomic mass is 16.5. The quantitative estimate of drug-likeness (QED) is 0.687. The minimum atomic E-state index is -0.527. The van der Waals surface area contributed by atoms with Crippen molar-refractivity contribution in [2.24, 2.45) is 5.92 Å². The van der Waals surface area contributed by atoms with Gasteiger partial charge in [-0.2, -0.15) is 5.26 Å². The van der Waals surface area contributed by atoms with E-state index in [1.165, 1.54) is 0 Å². The molecule has 0 aromatic rings. The molecule has 0 fully saturated rings. The minimum absolute atomic E-state index is 0.0233. The van der Waals surface area contributed by atoms with Crippen molar-refractivity contribution in [3.8, 4) is 6.07 Å². The van der Waals surface area contributed by atoms with E-state index in [2.05, 4.69) is 12.2 Å². The third kappa shape index (κ3) is 5.72. The molecule has 0 aliphatic rings. The summed E-state index contributed by atoms with van der Waals surface area (Å²) in [5.41, 5.74) is 0. The van der Waals surface area contributed by atoms with Crippen molar-refractivity contribution in [2.75, 3.05) is 13.7 Å². The standard InChI is InChI=1S/C12H22N2O2/c1-4-6-10(8-13)12(15)14-11(7-5-2)9-16-3/h10-11H,4-7,9H2,1-3H3,(H,14,15). The second-order valence-corrected chi connectivity index (χ2v) is 3.92. The summed E-state index contributed by atoms with van der Waals surface area (Å²) in [6, 6.07) is 2.06. The van der Waals surface area contributed by atoms with E-state index < -0.39 is 5.92 Å². The number of nitrogens with zero attached hydrogens (tertiary/aromatic N) is 1. The number of nitriles is 1. The summed E-state index contributed by atoms with van der Waals surface area (Å²) in [6.45, 7) is 4.53. The van der Waals surface area contributed by atoms with Gasteiger partial charge in [0.15, 0.2) is 0 Å². The van der Waals surface area contributed by atoms with Gasteiger partial charge in [-0.3, -0.25) is 4.79 Å². The Balaban J connectivity index is 4.20. The fourth-order valence-corrected chi connectivity index (χ4v) is 1.59. The van der Waals surface area contributed by atoms with E-state index in [-0.39, 0.29) is 11.9 Å². The van der Waals surface area contributed by atoms with Crippen molar-refractivity contribution < 1.29 is 9.53 Å². The number of amides is 1. The van der Waals surface area contributed by atoms with E-state index in [1.54, 1.807) is 7.11 Å². The smallest absolute Gasteiger partial charge is 0.237 e. The molecule has 0 bridgehead atoms.